The number of carbonyl (C=O) groups is 1. The van der Waals surface area contributed by atoms with E-state index in [4.69, 9.17) is 14.9 Å². The number of aromatic nitrogens is 1. The number of hydrogen-bond acceptors (Lipinski definition) is 5. The molecule has 0 radical (unpaired) electrons. The van der Waals surface area contributed by atoms with Crippen LogP contribution in [0.2, 0.25) is 0 Å². The Morgan fingerprint density at radius 1 is 1.41 bits per heavy atom. The van der Waals surface area contributed by atoms with Gasteiger partial charge in [0.25, 0.3) is 5.91 Å². The van der Waals surface area contributed by atoms with Crippen LogP contribution in [0.25, 0.3) is 0 Å². The van der Waals surface area contributed by atoms with Crippen LogP contribution in [0, 0.1) is 0 Å². The van der Waals surface area contributed by atoms with Gasteiger partial charge < -0.3 is 20.3 Å². The number of carbonyl (C=O) groups excluding carboxylic acids is 1. The van der Waals surface area contributed by atoms with Gasteiger partial charge in [-0.2, -0.15) is 0 Å². The fourth-order valence-electron chi connectivity index (χ4n) is 1.20. The van der Waals surface area contributed by atoms with E-state index in [0.29, 0.717) is 31.7 Å². The maximum atomic E-state index is 11.5. The molecule has 6 heteroatoms. The third-order valence-electron chi connectivity index (χ3n) is 1.97. The first-order valence-corrected chi connectivity index (χ1v) is 5.35. The average molecular weight is 240 g/mol. The van der Waals surface area contributed by atoms with Crippen molar-refractivity contribution in [3.8, 4) is 5.75 Å². The predicted octanol–water partition coefficient (Wildman–Crippen LogP) is -0.0840. The number of nitrogens with zero attached hydrogens (tertiary/aromatic N) is 1. The summed E-state index contributed by atoms with van der Waals surface area (Å²) >= 11 is 0. The largest absolute Gasteiger partial charge is 0.506 e. The molecule has 1 rings (SSSR count). The molecule has 1 heterocycles. The summed E-state index contributed by atoms with van der Waals surface area (Å²) < 4.78 is 5.04. The fourth-order valence-corrected chi connectivity index (χ4v) is 1.20. The summed E-state index contributed by atoms with van der Waals surface area (Å²) in [5.41, 5.74) is 0.321. The average Bonchev–Trinajstić information content (AvgIpc) is 2.33. The molecule has 0 bridgehead atoms. The van der Waals surface area contributed by atoms with E-state index >= 15 is 0 Å². The van der Waals surface area contributed by atoms with Crippen LogP contribution in [-0.4, -0.2) is 47.5 Å². The molecule has 0 saturated heterocycles. The number of aliphatic hydroxyl groups is 1. The summed E-state index contributed by atoms with van der Waals surface area (Å²) in [6.45, 7) is 1.27. The van der Waals surface area contributed by atoms with E-state index in [0.717, 1.165) is 0 Å². The van der Waals surface area contributed by atoms with Crippen molar-refractivity contribution in [3.63, 3.8) is 0 Å². The highest BCUT2D eigenvalue weighted by atomic mass is 16.5. The molecule has 0 saturated carbocycles. The smallest absolute Gasteiger partial charge is 0.252 e. The highest BCUT2D eigenvalue weighted by molar-refractivity contribution is 5.94. The first-order chi connectivity index (χ1) is 8.24. The van der Waals surface area contributed by atoms with E-state index in [2.05, 4.69) is 10.3 Å². The van der Waals surface area contributed by atoms with Crippen LogP contribution in [0.4, 0.5) is 0 Å². The van der Waals surface area contributed by atoms with Gasteiger partial charge in [0.05, 0.1) is 25.0 Å². The number of nitrogens with one attached hydrogen (secondary N) is 1. The van der Waals surface area contributed by atoms with Gasteiger partial charge in [0.2, 0.25) is 0 Å². The molecule has 17 heavy (non-hydrogen) atoms. The molecule has 1 aromatic heterocycles. The van der Waals surface area contributed by atoms with Gasteiger partial charge in [-0.3, -0.25) is 9.78 Å². The van der Waals surface area contributed by atoms with Gasteiger partial charge in [-0.25, -0.2) is 0 Å². The normalized spacial score (nSPS) is 10.2. The zero-order valence-corrected chi connectivity index (χ0v) is 9.43. The molecule has 1 aromatic rings. The molecular formula is C11H16N2O4. The number of amides is 1. The van der Waals surface area contributed by atoms with E-state index in [9.17, 15) is 4.79 Å². The first kappa shape index (κ1) is 13.4. The quantitative estimate of drug-likeness (QED) is 0.580. The lowest BCUT2D eigenvalue weighted by Crippen LogP contribution is -2.25. The standard InChI is InChI=1S/C11H16N2O4/c14-3-5-17-4-1-2-13-11(16)9-6-10(15)8-12-7-9/h6-8,14-15H,1-5H2,(H,13,16). The SMILES string of the molecule is O=C(NCCCOCCO)c1cncc(O)c1. The summed E-state index contributed by atoms with van der Waals surface area (Å²) in [4.78, 5) is 15.3. The van der Waals surface area contributed by atoms with Crippen LogP contribution < -0.4 is 5.32 Å². The van der Waals surface area contributed by atoms with E-state index in [1.807, 2.05) is 0 Å². The maximum absolute atomic E-state index is 11.5. The lowest BCUT2D eigenvalue weighted by molar-refractivity contribution is 0.0867. The van der Waals surface area contributed by atoms with Gasteiger partial charge in [0.15, 0.2) is 0 Å². The lowest BCUT2D eigenvalue weighted by Gasteiger charge is -2.05. The Morgan fingerprint density at radius 2 is 2.24 bits per heavy atom. The zero-order chi connectivity index (χ0) is 12.5. The molecule has 0 aliphatic carbocycles. The van der Waals surface area contributed by atoms with Gasteiger partial charge in [-0.15, -0.1) is 0 Å². The Hall–Kier alpha value is -1.66. The molecule has 1 amide bonds. The van der Waals surface area contributed by atoms with Crippen molar-refractivity contribution in [2.45, 2.75) is 6.42 Å². The van der Waals surface area contributed by atoms with Crippen molar-refractivity contribution < 1.29 is 19.7 Å². The number of aliphatic hydroxyl groups excluding tert-OH is 1. The number of ether oxygens (including phenoxy) is 1. The summed E-state index contributed by atoms with van der Waals surface area (Å²) in [5, 5.41) is 20.3. The van der Waals surface area contributed by atoms with E-state index in [1.54, 1.807) is 0 Å². The molecular weight excluding hydrogens is 224 g/mol. The molecule has 94 valence electrons. The van der Waals surface area contributed by atoms with Crippen molar-refractivity contribution in [3.05, 3.63) is 24.0 Å². The van der Waals surface area contributed by atoms with Crippen molar-refractivity contribution in [2.75, 3.05) is 26.4 Å². The molecule has 0 aliphatic heterocycles. The third kappa shape index (κ3) is 5.28. The van der Waals surface area contributed by atoms with Crippen molar-refractivity contribution in [1.82, 2.24) is 10.3 Å². The van der Waals surface area contributed by atoms with E-state index in [1.165, 1.54) is 18.5 Å². The van der Waals surface area contributed by atoms with Crippen LogP contribution in [0.5, 0.6) is 5.75 Å². The zero-order valence-electron chi connectivity index (χ0n) is 9.43. The predicted molar refractivity (Wildman–Crippen MR) is 60.8 cm³/mol. The van der Waals surface area contributed by atoms with Gasteiger partial charge in [0, 0.05) is 19.3 Å². The van der Waals surface area contributed by atoms with Gasteiger partial charge >= 0.3 is 0 Å². The van der Waals surface area contributed by atoms with Gasteiger partial charge in [-0.1, -0.05) is 0 Å². The van der Waals surface area contributed by atoms with Gasteiger partial charge in [0.1, 0.15) is 5.75 Å². The van der Waals surface area contributed by atoms with Crippen molar-refractivity contribution in [2.24, 2.45) is 0 Å². The molecule has 0 atom stereocenters. The van der Waals surface area contributed by atoms with Crippen LogP contribution in [-0.2, 0) is 4.74 Å². The molecule has 0 spiro atoms. The molecule has 0 aliphatic rings. The Morgan fingerprint density at radius 3 is 2.94 bits per heavy atom. The van der Waals surface area contributed by atoms with Crippen LogP contribution in [0.15, 0.2) is 18.5 Å². The number of hydrogen-bond donors (Lipinski definition) is 3. The summed E-state index contributed by atoms with van der Waals surface area (Å²) in [7, 11) is 0. The third-order valence-corrected chi connectivity index (χ3v) is 1.97. The molecule has 0 unspecified atom stereocenters. The monoisotopic (exact) mass is 240 g/mol. The fraction of sp³-hybridized carbons (Fsp3) is 0.455. The molecule has 3 N–H and O–H groups in total. The number of aromatic hydroxyl groups is 1. The number of pyridine rings is 1. The molecule has 0 fully saturated rings. The lowest BCUT2D eigenvalue weighted by atomic mass is 10.2. The van der Waals surface area contributed by atoms with Crippen LogP contribution >= 0.6 is 0 Å². The Kier molecular flexibility index (Phi) is 5.98. The highest BCUT2D eigenvalue weighted by Crippen LogP contribution is 2.07. The van der Waals surface area contributed by atoms with Gasteiger partial charge in [-0.05, 0) is 12.5 Å². The van der Waals surface area contributed by atoms with E-state index in [-0.39, 0.29) is 18.3 Å². The second-order valence-electron chi connectivity index (χ2n) is 3.38. The second-order valence-corrected chi connectivity index (χ2v) is 3.38. The topological polar surface area (TPSA) is 91.7 Å². The van der Waals surface area contributed by atoms with Crippen molar-refractivity contribution >= 4 is 5.91 Å². The summed E-state index contributed by atoms with van der Waals surface area (Å²) in [6.07, 6.45) is 3.31. The summed E-state index contributed by atoms with van der Waals surface area (Å²) in [5.74, 6) is -0.320. The van der Waals surface area contributed by atoms with Crippen molar-refractivity contribution in [1.29, 1.82) is 0 Å². The van der Waals surface area contributed by atoms with Crippen LogP contribution in [0.1, 0.15) is 16.8 Å². The highest BCUT2D eigenvalue weighted by Gasteiger charge is 2.05. The maximum Gasteiger partial charge on any atom is 0.252 e. The number of rotatable bonds is 7. The van der Waals surface area contributed by atoms with E-state index < -0.39 is 0 Å². The Labute approximate surface area is 99.3 Å². The minimum Gasteiger partial charge on any atom is -0.506 e. The second kappa shape index (κ2) is 7.59. The molecule has 0 aromatic carbocycles. The summed E-state index contributed by atoms with van der Waals surface area (Å²) in [6, 6.07) is 1.35. The Balaban J connectivity index is 2.21. The Bertz CT molecular complexity index is 357. The minimum absolute atomic E-state index is 0.00131. The van der Waals surface area contributed by atoms with Crippen LogP contribution in [0.3, 0.4) is 0 Å². The minimum atomic E-state index is -0.282. The first-order valence-electron chi connectivity index (χ1n) is 5.35. The molecule has 6 nitrogen and oxygen atoms in total.